The standard InChI is InChI=1S/C20H25NO4/c1-18-7-6-15-19-8-5-12(22)10-11(19)4-9-20(15,25-17(19)24)14(18)3-2-13(18)16(21)23/h10,13-15H,2-9H2,1H3,(H2,21,23)/t13-,14-,15-,18+,19-,20-/m0/s1. The Kier molecular flexibility index (Phi) is 2.83. The van der Waals surface area contributed by atoms with Crippen molar-refractivity contribution in [3.05, 3.63) is 11.6 Å². The molecule has 5 rings (SSSR count). The molecule has 0 aromatic carbocycles. The highest BCUT2D eigenvalue weighted by atomic mass is 16.6. The molecule has 2 bridgehead atoms. The first-order chi connectivity index (χ1) is 11.8. The van der Waals surface area contributed by atoms with Crippen molar-refractivity contribution in [3.63, 3.8) is 0 Å². The van der Waals surface area contributed by atoms with Crippen molar-refractivity contribution < 1.29 is 19.1 Å². The van der Waals surface area contributed by atoms with Gasteiger partial charge in [0.05, 0.1) is 5.41 Å². The molecule has 0 aromatic rings. The molecule has 134 valence electrons. The van der Waals surface area contributed by atoms with Gasteiger partial charge in [-0.05, 0) is 62.0 Å². The average Bonchev–Trinajstić information content (AvgIpc) is 2.99. The van der Waals surface area contributed by atoms with Crippen molar-refractivity contribution in [2.24, 2.45) is 34.3 Å². The third-order valence-corrected chi connectivity index (χ3v) is 8.53. The number of esters is 1. The molecule has 5 heteroatoms. The Morgan fingerprint density at radius 2 is 1.92 bits per heavy atom. The molecule has 0 radical (unpaired) electrons. The predicted octanol–water partition coefficient (Wildman–Crippen LogP) is 2.28. The molecule has 4 fully saturated rings. The maximum absolute atomic E-state index is 13.1. The molecule has 6 atom stereocenters. The third-order valence-electron chi connectivity index (χ3n) is 8.53. The molecule has 25 heavy (non-hydrogen) atoms. The average molecular weight is 343 g/mol. The number of nitrogens with two attached hydrogens (primary N) is 1. The fourth-order valence-corrected chi connectivity index (χ4v) is 7.54. The van der Waals surface area contributed by atoms with Crippen LogP contribution in [0, 0.1) is 28.6 Å². The third kappa shape index (κ3) is 1.59. The predicted molar refractivity (Wildman–Crippen MR) is 89.1 cm³/mol. The maximum atomic E-state index is 13.1. The molecule has 1 spiro atoms. The second kappa shape index (κ2) is 4.54. The van der Waals surface area contributed by atoms with Crippen LogP contribution in [0.5, 0.6) is 0 Å². The molecular weight excluding hydrogens is 318 g/mol. The number of hydrogen-bond acceptors (Lipinski definition) is 4. The van der Waals surface area contributed by atoms with E-state index in [1.54, 1.807) is 6.08 Å². The van der Waals surface area contributed by atoms with E-state index >= 15 is 0 Å². The minimum atomic E-state index is -0.571. The molecule has 5 nitrogen and oxygen atoms in total. The van der Waals surface area contributed by atoms with Gasteiger partial charge in [0.2, 0.25) is 5.91 Å². The Morgan fingerprint density at radius 1 is 1.12 bits per heavy atom. The fourth-order valence-electron chi connectivity index (χ4n) is 7.54. The van der Waals surface area contributed by atoms with Gasteiger partial charge in [0, 0.05) is 24.2 Å². The molecule has 1 heterocycles. The quantitative estimate of drug-likeness (QED) is 0.740. The Bertz CT molecular complexity index is 742. The van der Waals surface area contributed by atoms with E-state index in [1.807, 2.05) is 0 Å². The Labute approximate surface area is 147 Å². The normalized spacial score (nSPS) is 50.4. The van der Waals surface area contributed by atoms with Crippen molar-refractivity contribution in [2.75, 3.05) is 0 Å². The van der Waals surface area contributed by atoms with Crippen molar-refractivity contribution in [2.45, 2.75) is 63.9 Å². The maximum Gasteiger partial charge on any atom is 0.317 e. The Balaban J connectivity index is 1.63. The molecule has 1 aliphatic heterocycles. The van der Waals surface area contributed by atoms with Gasteiger partial charge >= 0.3 is 5.97 Å². The number of amides is 1. The van der Waals surface area contributed by atoms with E-state index in [0.29, 0.717) is 12.8 Å². The van der Waals surface area contributed by atoms with Crippen LogP contribution in [0.3, 0.4) is 0 Å². The smallest absolute Gasteiger partial charge is 0.317 e. The Morgan fingerprint density at radius 3 is 2.68 bits per heavy atom. The molecule has 5 aliphatic rings. The lowest BCUT2D eigenvalue weighted by Crippen LogP contribution is -2.59. The fraction of sp³-hybridized carbons (Fsp3) is 0.750. The van der Waals surface area contributed by atoms with Crippen molar-refractivity contribution >= 4 is 17.7 Å². The molecule has 4 aliphatic carbocycles. The highest BCUT2D eigenvalue weighted by Crippen LogP contribution is 2.72. The molecule has 1 amide bonds. The van der Waals surface area contributed by atoms with E-state index in [1.165, 1.54) is 0 Å². The summed E-state index contributed by atoms with van der Waals surface area (Å²) < 4.78 is 6.24. The highest BCUT2D eigenvalue weighted by Gasteiger charge is 2.75. The van der Waals surface area contributed by atoms with Crippen LogP contribution in [0.4, 0.5) is 0 Å². The number of fused-ring (bicyclic) bond motifs is 1. The topological polar surface area (TPSA) is 86.5 Å². The number of primary amides is 1. The number of rotatable bonds is 1. The minimum Gasteiger partial charge on any atom is -0.458 e. The first-order valence-corrected chi connectivity index (χ1v) is 9.61. The summed E-state index contributed by atoms with van der Waals surface area (Å²) >= 11 is 0. The summed E-state index contributed by atoms with van der Waals surface area (Å²) in [6.07, 6.45) is 7.83. The van der Waals surface area contributed by atoms with E-state index in [0.717, 1.165) is 44.1 Å². The molecule has 0 aromatic heterocycles. The van der Waals surface area contributed by atoms with E-state index in [-0.39, 0.29) is 40.8 Å². The number of carbonyl (C=O) groups is 3. The van der Waals surface area contributed by atoms with Crippen molar-refractivity contribution in [1.82, 2.24) is 0 Å². The van der Waals surface area contributed by atoms with Crippen LogP contribution in [0.2, 0.25) is 0 Å². The van der Waals surface area contributed by atoms with Crippen LogP contribution in [-0.4, -0.2) is 23.3 Å². The lowest BCUT2D eigenvalue weighted by atomic mass is 9.46. The molecule has 2 N–H and O–H groups in total. The zero-order valence-corrected chi connectivity index (χ0v) is 14.7. The second-order valence-corrected chi connectivity index (χ2v) is 9.13. The monoisotopic (exact) mass is 343 g/mol. The highest BCUT2D eigenvalue weighted by molar-refractivity contribution is 5.96. The van der Waals surface area contributed by atoms with Gasteiger partial charge in [-0.2, -0.15) is 0 Å². The van der Waals surface area contributed by atoms with Gasteiger partial charge in [-0.15, -0.1) is 0 Å². The summed E-state index contributed by atoms with van der Waals surface area (Å²) in [5.41, 5.74) is 5.53. The van der Waals surface area contributed by atoms with Crippen molar-refractivity contribution in [3.8, 4) is 0 Å². The minimum absolute atomic E-state index is 0.111. The van der Waals surface area contributed by atoms with Gasteiger partial charge in [0.1, 0.15) is 5.60 Å². The number of ether oxygens (including phenoxy) is 1. The van der Waals surface area contributed by atoms with Gasteiger partial charge < -0.3 is 10.5 Å². The van der Waals surface area contributed by atoms with Gasteiger partial charge in [-0.1, -0.05) is 6.92 Å². The lowest BCUT2D eigenvalue weighted by molar-refractivity contribution is -0.170. The van der Waals surface area contributed by atoms with Gasteiger partial charge in [-0.3, -0.25) is 14.4 Å². The second-order valence-electron chi connectivity index (χ2n) is 9.13. The van der Waals surface area contributed by atoms with Crippen LogP contribution in [0.15, 0.2) is 11.6 Å². The molecule has 1 saturated heterocycles. The summed E-state index contributed by atoms with van der Waals surface area (Å²) in [6, 6.07) is 0. The molecule has 0 unspecified atom stereocenters. The SMILES string of the molecule is C[C@]12CC[C@H]3[C@]45CCC(=O)C=C4CC[C@]3(OC5=O)[C@H]1CC[C@H]2C(N)=O. The van der Waals surface area contributed by atoms with Gasteiger partial charge in [0.15, 0.2) is 5.78 Å². The first kappa shape index (κ1) is 15.6. The number of ketones is 1. The molecule has 3 saturated carbocycles. The number of carbonyl (C=O) groups excluding carboxylic acids is 3. The van der Waals surface area contributed by atoms with Crippen molar-refractivity contribution in [1.29, 1.82) is 0 Å². The summed E-state index contributed by atoms with van der Waals surface area (Å²) in [5.74, 6) is 0.0687. The van der Waals surface area contributed by atoms with Crippen LogP contribution < -0.4 is 5.73 Å². The zero-order valence-electron chi connectivity index (χ0n) is 14.7. The van der Waals surface area contributed by atoms with Gasteiger partial charge in [0.25, 0.3) is 0 Å². The molecular formula is C20H25NO4. The van der Waals surface area contributed by atoms with Crippen LogP contribution >= 0.6 is 0 Å². The van der Waals surface area contributed by atoms with Crippen LogP contribution in [-0.2, 0) is 19.1 Å². The van der Waals surface area contributed by atoms with E-state index in [2.05, 4.69) is 6.92 Å². The zero-order chi connectivity index (χ0) is 17.6. The summed E-state index contributed by atoms with van der Waals surface area (Å²) in [4.78, 5) is 37.1. The number of hydrogen-bond donors (Lipinski definition) is 1. The van der Waals surface area contributed by atoms with Gasteiger partial charge in [-0.25, -0.2) is 0 Å². The summed E-state index contributed by atoms with van der Waals surface area (Å²) in [6.45, 7) is 2.18. The Hall–Kier alpha value is -1.65. The largest absolute Gasteiger partial charge is 0.458 e. The first-order valence-electron chi connectivity index (χ1n) is 9.61. The lowest BCUT2D eigenvalue weighted by Gasteiger charge is -2.56. The summed E-state index contributed by atoms with van der Waals surface area (Å²) in [5, 5.41) is 0. The van der Waals surface area contributed by atoms with Crippen LogP contribution in [0.1, 0.15) is 58.3 Å². The van der Waals surface area contributed by atoms with Crippen LogP contribution in [0.25, 0.3) is 0 Å². The van der Waals surface area contributed by atoms with E-state index < -0.39 is 11.0 Å². The van der Waals surface area contributed by atoms with E-state index in [9.17, 15) is 14.4 Å². The van der Waals surface area contributed by atoms with E-state index in [4.69, 9.17) is 10.5 Å². The summed E-state index contributed by atoms with van der Waals surface area (Å²) in [7, 11) is 0.